The van der Waals surface area contributed by atoms with Crippen molar-refractivity contribution in [3.8, 4) is 0 Å². The maximum Gasteiger partial charge on any atom is 0.472 e. The predicted octanol–water partition coefficient (Wildman–Crippen LogP) is 19.8. The number of hydrogen-bond donors (Lipinski definition) is 3. The molecule has 17 nitrogen and oxygen atoms in total. The molecule has 0 saturated heterocycles. The number of carbonyl (C=O) groups excluding carboxylic acids is 4. The van der Waals surface area contributed by atoms with Crippen molar-refractivity contribution in [2.24, 2.45) is 0 Å². The Morgan fingerprint density at radius 3 is 0.811 bits per heavy atom. The van der Waals surface area contributed by atoms with Crippen molar-refractivity contribution in [3.05, 3.63) is 48.6 Å². The van der Waals surface area contributed by atoms with E-state index in [0.29, 0.717) is 25.7 Å². The summed E-state index contributed by atoms with van der Waals surface area (Å²) in [6.45, 7) is 4.80. The normalized spacial score (nSPS) is 14.3. The molecule has 0 heterocycles. The summed E-state index contributed by atoms with van der Waals surface area (Å²) in [4.78, 5) is 72.5. The first-order valence-corrected chi connectivity index (χ1v) is 38.9. The fourth-order valence-corrected chi connectivity index (χ4v) is 11.4. The summed E-state index contributed by atoms with van der Waals surface area (Å²) in [5.74, 6) is -2.18. The number of hydrogen-bond acceptors (Lipinski definition) is 15. The van der Waals surface area contributed by atoms with Crippen LogP contribution in [0.3, 0.4) is 0 Å². The predicted molar refractivity (Wildman–Crippen MR) is 363 cm³/mol. The topological polar surface area (TPSA) is 237 Å². The van der Waals surface area contributed by atoms with Gasteiger partial charge in [0.1, 0.15) is 19.3 Å². The van der Waals surface area contributed by atoms with Crippen molar-refractivity contribution in [1.82, 2.24) is 0 Å². The van der Waals surface area contributed by atoms with E-state index >= 15 is 0 Å². The summed E-state index contributed by atoms with van der Waals surface area (Å²) in [6, 6.07) is 0. The second-order valence-electron chi connectivity index (χ2n) is 24.3. The maximum atomic E-state index is 13.0. The summed E-state index contributed by atoms with van der Waals surface area (Å²) in [5.41, 5.74) is 0. The molecule has 0 aromatic rings. The minimum absolute atomic E-state index is 0.0785. The summed E-state index contributed by atoms with van der Waals surface area (Å²) in [7, 11) is -9.92. The van der Waals surface area contributed by atoms with Gasteiger partial charge in [0.15, 0.2) is 12.2 Å². The number of carbonyl (C=O) groups is 4. The monoisotopic (exact) mass is 1320 g/mol. The molecule has 19 heteroatoms. The Morgan fingerprint density at radius 2 is 0.533 bits per heavy atom. The van der Waals surface area contributed by atoms with Crippen LogP contribution in [0.1, 0.15) is 323 Å². The Morgan fingerprint density at radius 1 is 0.311 bits per heavy atom. The summed E-state index contributed by atoms with van der Waals surface area (Å²) in [5, 5.41) is 10.6. The molecule has 0 spiro atoms. The van der Waals surface area contributed by atoms with Gasteiger partial charge in [0, 0.05) is 25.7 Å². The SMILES string of the molecule is CCCCCC/C=C\C=C/CCCCCCCC(=O)OC[C@H](COP(=O)(O)OC[C@@H](O)COP(=O)(O)OC[C@@H](COC(=O)CCCCCCCCCCCC)OC(=O)CCCCCCCCCCCC)OC(=O)CCCCCCC/C=C\C=C/CCCCCC. The van der Waals surface area contributed by atoms with Gasteiger partial charge < -0.3 is 33.8 Å². The van der Waals surface area contributed by atoms with Crippen LogP contribution in [0.4, 0.5) is 0 Å². The third-order valence-electron chi connectivity index (χ3n) is 15.4. The molecule has 3 N–H and O–H groups in total. The van der Waals surface area contributed by atoms with Crippen LogP contribution in [0.25, 0.3) is 0 Å². The van der Waals surface area contributed by atoms with Crippen molar-refractivity contribution < 1.29 is 80.2 Å². The molecule has 0 saturated carbocycles. The lowest BCUT2D eigenvalue weighted by Gasteiger charge is -2.21. The van der Waals surface area contributed by atoms with Gasteiger partial charge in [0.25, 0.3) is 0 Å². The van der Waals surface area contributed by atoms with E-state index in [1.165, 1.54) is 122 Å². The molecule has 0 bridgehead atoms. The Bertz CT molecular complexity index is 1910. The van der Waals surface area contributed by atoms with E-state index in [4.69, 9.17) is 37.0 Å². The van der Waals surface area contributed by atoms with Gasteiger partial charge >= 0.3 is 39.5 Å². The van der Waals surface area contributed by atoms with Gasteiger partial charge in [-0.1, -0.05) is 269 Å². The van der Waals surface area contributed by atoms with Gasteiger partial charge in [-0.15, -0.1) is 0 Å². The molecule has 0 amide bonds. The second-order valence-corrected chi connectivity index (χ2v) is 27.2. The first-order valence-electron chi connectivity index (χ1n) is 35.9. The number of aliphatic hydroxyl groups is 1. The Hall–Kier alpha value is -2.98. The fraction of sp³-hybridized carbons (Fsp3) is 0.831. The number of phosphoric ester groups is 2. The van der Waals surface area contributed by atoms with Crippen LogP contribution in [0.2, 0.25) is 0 Å². The van der Waals surface area contributed by atoms with Crippen LogP contribution in [-0.2, 0) is 65.4 Å². The van der Waals surface area contributed by atoms with Crippen LogP contribution < -0.4 is 0 Å². The van der Waals surface area contributed by atoms with E-state index in [1.807, 2.05) is 0 Å². The number of phosphoric acid groups is 2. The number of allylic oxidation sites excluding steroid dienone is 8. The number of aliphatic hydroxyl groups excluding tert-OH is 1. The minimum atomic E-state index is -4.97. The largest absolute Gasteiger partial charge is 0.472 e. The lowest BCUT2D eigenvalue weighted by molar-refractivity contribution is -0.161. The molecule has 0 aliphatic carbocycles. The highest BCUT2D eigenvalue weighted by molar-refractivity contribution is 7.47. The molecule has 90 heavy (non-hydrogen) atoms. The first kappa shape index (κ1) is 87.0. The van der Waals surface area contributed by atoms with Crippen molar-refractivity contribution in [2.45, 2.75) is 341 Å². The molecular weight excluding hydrogens is 1190 g/mol. The molecule has 5 atom stereocenters. The number of rotatable bonds is 68. The van der Waals surface area contributed by atoms with Gasteiger partial charge in [-0.3, -0.25) is 37.3 Å². The van der Waals surface area contributed by atoms with E-state index in [0.717, 1.165) is 122 Å². The van der Waals surface area contributed by atoms with Crippen LogP contribution >= 0.6 is 15.6 Å². The molecule has 0 rings (SSSR count). The first-order chi connectivity index (χ1) is 43.7. The van der Waals surface area contributed by atoms with Crippen LogP contribution in [-0.4, -0.2) is 96.7 Å². The molecule has 0 aromatic heterocycles. The van der Waals surface area contributed by atoms with Crippen molar-refractivity contribution >= 4 is 39.5 Å². The molecule has 0 aliphatic rings. The highest BCUT2D eigenvalue weighted by Crippen LogP contribution is 2.45. The molecule has 0 radical (unpaired) electrons. The molecule has 0 aromatic carbocycles. The smallest absolute Gasteiger partial charge is 0.462 e. The number of unbranched alkanes of at least 4 members (excludes halogenated alkanes) is 36. The summed E-state index contributed by atoms with van der Waals surface area (Å²) >= 11 is 0. The van der Waals surface area contributed by atoms with Gasteiger partial charge in [-0.05, 0) is 77.0 Å². The lowest BCUT2D eigenvalue weighted by Crippen LogP contribution is -2.30. The zero-order valence-corrected chi connectivity index (χ0v) is 58.9. The van der Waals surface area contributed by atoms with Crippen LogP contribution in [0, 0.1) is 0 Å². The Kier molecular flexibility index (Phi) is 62.6. The summed E-state index contributed by atoms with van der Waals surface area (Å²) < 4.78 is 68.2. The van der Waals surface area contributed by atoms with E-state index in [1.54, 1.807) is 0 Å². The quantitative estimate of drug-likeness (QED) is 0.0169. The fourth-order valence-electron chi connectivity index (χ4n) is 9.79. The standard InChI is InChI=1S/C71H130O17P2/c1-5-9-13-17-21-25-29-31-33-35-37-41-44-48-52-56-69(74)82-62-67(88-71(76)58-54-50-46-42-38-36-34-32-30-26-22-18-14-10-6-2)64-86-90(79,80)84-60-65(72)59-83-89(77,78)85-63-66(87-70(75)57-53-49-45-40-28-24-20-16-12-8-4)61-81-68(73)55-51-47-43-39-27-23-19-15-11-7-3/h25-26,29-34,65-67,72H,5-24,27-28,35-64H2,1-4H3,(H,77,78)(H,79,80)/b29-25-,30-26-,33-31-,34-32-/t65-,66+,67+/m0/s1. The number of ether oxygens (including phenoxy) is 4. The van der Waals surface area contributed by atoms with Crippen molar-refractivity contribution in [1.29, 1.82) is 0 Å². The van der Waals surface area contributed by atoms with Gasteiger partial charge in [-0.25, -0.2) is 9.13 Å². The van der Waals surface area contributed by atoms with E-state index < -0.39 is 97.5 Å². The third kappa shape index (κ3) is 63.8. The number of esters is 4. The van der Waals surface area contributed by atoms with E-state index in [2.05, 4.69) is 76.3 Å². The van der Waals surface area contributed by atoms with Gasteiger partial charge in [0.05, 0.1) is 26.4 Å². The molecule has 526 valence electrons. The molecule has 0 fully saturated rings. The summed E-state index contributed by atoms with van der Waals surface area (Å²) in [6.07, 6.45) is 58.4. The maximum absolute atomic E-state index is 13.0. The molecule has 0 aliphatic heterocycles. The molecule has 2 unspecified atom stereocenters. The van der Waals surface area contributed by atoms with Gasteiger partial charge in [-0.2, -0.15) is 0 Å². The third-order valence-corrected chi connectivity index (χ3v) is 17.3. The van der Waals surface area contributed by atoms with E-state index in [-0.39, 0.29) is 25.7 Å². The molecular formula is C71H130O17P2. The average Bonchev–Trinajstić information content (AvgIpc) is 3.73. The Labute approximate surface area is 547 Å². The minimum Gasteiger partial charge on any atom is -0.462 e. The Balaban J connectivity index is 5.31. The highest BCUT2D eigenvalue weighted by atomic mass is 31.2. The van der Waals surface area contributed by atoms with Gasteiger partial charge in [0.2, 0.25) is 0 Å². The van der Waals surface area contributed by atoms with Crippen molar-refractivity contribution in [2.75, 3.05) is 39.6 Å². The van der Waals surface area contributed by atoms with E-state index in [9.17, 15) is 43.2 Å². The van der Waals surface area contributed by atoms with Crippen LogP contribution in [0.5, 0.6) is 0 Å². The lowest BCUT2D eigenvalue weighted by atomic mass is 10.1. The second kappa shape index (κ2) is 64.7. The zero-order valence-electron chi connectivity index (χ0n) is 57.1. The zero-order chi connectivity index (χ0) is 66.1. The average molecular weight is 1320 g/mol. The van der Waals surface area contributed by atoms with Crippen molar-refractivity contribution in [3.63, 3.8) is 0 Å². The highest BCUT2D eigenvalue weighted by Gasteiger charge is 2.30. The van der Waals surface area contributed by atoms with Crippen LogP contribution in [0.15, 0.2) is 48.6 Å².